The third-order valence-corrected chi connectivity index (χ3v) is 5.70. The highest BCUT2D eigenvalue weighted by Crippen LogP contribution is 2.20. The summed E-state index contributed by atoms with van der Waals surface area (Å²) in [5.74, 6) is -0.865. The molecular weight excluding hydrogens is 432 g/mol. The number of carbonyl (C=O) groups excluding carboxylic acids is 3. The molecule has 8 heteroatoms. The average molecular weight is 469 g/mol. The number of nitrogens with zero attached hydrogens (tertiary/aromatic N) is 1. The fourth-order valence-electron chi connectivity index (χ4n) is 3.44. The van der Waals surface area contributed by atoms with E-state index < -0.39 is 6.04 Å². The molecule has 0 aliphatic rings. The molecule has 2 amide bonds. The van der Waals surface area contributed by atoms with Crippen molar-refractivity contribution in [2.45, 2.75) is 39.3 Å². The number of ether oxygens (including phenoxy) is 1. The second kappa shape index (κ2) is 13.3. The molecule has 0 bridgehead atoms. The van der Waals surface area contributed by atoms with Crippen molar-refractivity contribution in [2.75, 3.05) is 38.7 Å². The highest BCUT2D eigenvalue weighted by Gasteiger charge is 2.18. The monoisotopic (exact) mass is 468 g/mol. The number of nitrogens with one attached hydrogen (secondary N) is 3. The molecule has 184 valence electrons. The van der Waals surface area contributed by atoms with Crippen molar-refractivity contribution in [1.82, 2.24) is 16.0 Å². The number of anilines is 1. The van der Waals surface area contributed by atoms with E-state index in [2.05, 4.69) is 16.0 Å². The van der Waals surface area contributed by atoms with E-state index in [0.29, 0.717) is 30.6 Å². The lowest BCUT2D eigenvalue weighted by Crippen LogP contribution is -2.41. The molecule has 0 radical (unpaired) electrons. The van der Waals surface area contributed by atoms with E-state index in [1.807, 2.05) is 63.1 Å². The third-order valence-electron chi connectivity index (χ3n) is 5.70. The van der Waals surface area contributed by atoms with Gasteiger partial charge in [0.1, 0.15) is 6.04 Å². The van der Waals surface area contributed by atoms with Gasteiger partial charge in [0.05, 0.1) is 13.2 Å². The van der Waals surface area contributed by atoms with Crippen LogP contribution in [0.2, 0.25) is 0 Å². The molecule has 0 spiro atoms. The van der Waals surface area contributed by atoms with E-state index in [4.69, 9.17) is 4.74 Å². The fraction of sp³-hybridized carbons (Fsp3) is 0.423. The lowest BCUT2D eigenvalue weighted by Gasteiger charge is -2.20. The predicted octanol–water partition coefficient (Wildman–Crippen LogP) is 2.90. The number of carbonyl (C=O) groups is 3. The smallest absolute Gasteiger partial charge is 0.322 e. The van der Waals surface area contributed by atoms with Gasteiger partial charge in [-0.05, 0) is 44.0 Å². The molecule has 0 saturated heterocycles. The van der Waals surface area contributed by atoms with Crippen LogP contribution in [0, 0.1) is 0 Å². The number of hydrogen-bond acceptors (Lipinski definition) is 6. The zero-order valence-corrected chi connectivity index (χ0v) is 20.7. The van der Waals surface area contributed by atoms with Crippen molar-refractivity contribution < 1.29 is 19.1 Å². The van der Waals surface area contributed by atoms with Gasteiger partial charge in [0, 0.05) is 43.5 Å². The first-order valence-electron chi connectivity index (χ1n) is 11.6. The Morgan fingerprint density at radius 1 is 0.971 bits per heavy atom. The number of hydrogen-bond donors (Lipinski definition) is 3. The zero-order valence-electron chi connectivity index (χ0n) is 20.7. The Morgan fingerprint density at radius 2 is 1.62 bits per heavy atom. The maximum absolute atomic E-state index is 13.0. The Hall–Kier alpha value is -3.39. The van der Waals surface area contributed by atoms with Crippen LogP contribution in [0.1, 0.15) is 59.5 Å². The SMILES string of the molecule is CC[C@H](NCCNC(=O)c1cc(C(=O)N[C@H](C)c2ccccc2)cc(N(C)CC)c1)C(=O)OC. The summed E-state index contributed by atoms with van der Waals surface area (Å²) >= 11 is 0. The Bertz CT molecular complexity index is 965. The van der Waals surface area contributed by atoms with Crippen molar-refractivity contribution in [3.63, 3.8) is 0 Å². The summed E-state index contributed by atoms with van der Waals surface area (Å²) in [4.78, 5) is 39.5. The molecule has 2 rings (SSSR count). The molecule has 8 nitrogen and oxygen atoms in total. The highest BCUT2D eigenvalue weighted by molar-refractivity contribution is 6.01. The van der Waals surface area contributed by atoms with Crippen LogP contribution in [-0.4, -0.2) is 57.6 Å². The number of amides is 2. The van der Waals surface area contributed by atoms with E-state index in [9.17, 15) is 14.4 Å². The maximum atomic E-state index is 13.0. The molecule has 2 atom stereocenters. The summed E-state index contributed by atoms with van der Waals surface area (Å²) < 4.78 is 4.76. The Balaban J connectivity index is 2.11. The molecule has 0 saturated carbocycles. The standard InChI is InChI=1S/C26H36N4O4/c1-6-23(26(33)34-5)27-13-14-28-24(31)20-15-21(17-22(16-20)30(4)7-2)25(32)29-18(3)19-11-9-8-10-12-19/h8-12,15-18,23,27H,6-7,13-14H2,1-5H3,(H,28,31)(H,29,32)/t18-,23+/m1/s1. The first kappa shape index (κ1) is 26.9. The minimum Gasteiger partial charge on any atom is -0.468 e. The van der Waals surface area contributed by atoms with Crippen molar-refractivity contribution in [3.8, 4) is 0 Å². The summed E-state index contributed by atoms with van der Waals surface area (Å²) in [5.41, 5.74) is 2.60. The topological polar surface area (TPSA) is 99.8 Å². The van der Waals surface area contributed by atoms with Crippen LogP contribution in [-0.2, 0) is 9.53 Å². The van der Waals surface area contributed by atoms with Gasteiger partial charge in [0.25, 0.3) is 11.8 Å². The van der Waals surface area contributed by atoms with Gasteiger partial charge in [0.15, 0.2) is 0 Å². The summed E-state index contributed by atoms with van der Waals surface area (Å²) in [6, 6.07) is 14.3. The molecule has 0 aliphatic heterocycles. The molecule has 34 heavy (non-hydrogen) atoms. The van der Waals surface area contributed by atoms with Gasteiger partial charge in [-0.2, -0.15) is 0 Å². The number of rotatable bonds is 12. The van der Waals surface area contributed by atoms with E-state index in [1.165, 1.54) is 7.11 Å². The Labute approximate surface area is 202 Å². The normalized spacial score (nSPS) is 12.4. The van der Waals surface area contributed by atoms with Crippen LogP contribution in [0.15, 0.2) is 48.5 Å². The van der Waals surface area contributed by atoms with Crippen LogP contribution in [0.3, 0.4) is 0 Å². The van der Waals surface area contributed by atoms with E-state index in [-0.39, 0.29) is 23.8 Å². The van der Waals surface area contributed by atoms with Gasteiger partial charge >= 0.3 is 5.97 Å². The molecule has 2 aromatic carbocycles. The summed E-state index contributed by atoms with van der Waals surface area (Å²) in [6.07, 6.45) is 0.589. The predicted molar refractivity (Wildman–Crippen MR) is 134 cm³/mol. The third kappa shape index (κ3) is 7.59. The number of esters is 1. The average Bonchev–Trinajstić information content (AvgIpc) is 2.87. The largest absolute Gasteiger partial charge is 0.468 e. The van der Waals surface area contributed by atoms with Gasteiger partial charge in [-0.1, -0.05) is 37.3 Å². The maximum Gasteiger partial charge on any atom is 0.322 e. The molecule has 2 aromatic rings. The molecule has 0 aliphatic carbocycles. The highest BCUT2D eigenvalue weighted by atomic mass is 16.5. The lowest BCUT2D eigenvalue weighted by atomic mass is 10.1. The zero-order chi connectivity index (χ0) is 25.1. The second-order valence-electron chi connectivity index (χ2n) is 8.08. The van der Waals surface area contributed by atoms with Crippen molar-refractivity contribution in [1.29, 1.82) is 0 Å². The molecular formula is C26H36N4O4. The van der Waals surface area contributed by atoms with E-state index in [0.717, 1.165) is 17.8 Å². The molecule has 0 aromatic heterocycles. The summed E-state index contributed by atoms with van der Waals surface area (Å²) in [7, 11) is 3.26. The van der Waals surface area contributed by atoms with E-state index in [1.54, 1.807) is 18.2 Å². The van der Waals surface area contributed by atoms with Crippen molar-refractivity contribution in [3.05, 3.63) is 65.2 Å². The Morgan fingerprint density at radius 3 is 2.21 bits per heavy atom. The first-order chi connectivity index (χ1) is 16.3. The molecule has 0 fully saturated rings. The van der Waals surface area contributed by atoms with Gasteiger partial charge in [-0.15, -0.1) is 0 Å². The summed E-state index contributed by atoms with van der Waals surface area (Å²) in [6.45, 7) is 7.27. The van der Waals surface area contributed by atoms with Crippen LogP contribution in [0.5, 0.6) is 0 Å². The minimum atomic E-state index is -0.412. The van der Waals surface area contributed by atoms with Crippen LogP contribution in [0.4, 0.5) is 5.69 Å². The van der Waals surface area contributed by atoms with Crippen LogP contribution < -0.4 is 20.9 Å². The summed E-state index contributed by atoms with van der Waals surface area (Å²) in [5, 5.41) is 8.93. The molecule has 0 heterocycles. The number of methoxy groups -OCH3 is 1. The van der Waals surface area contributed by atoms with Crippen LogP contribution in [0.25, 0.3) is 0 Å². The first-order valence-corrected chi connectivity index (χ1v) is 11.6. The quantitative estimate of drug-likeness (QED) is 0.327. The fourth-order valence-corrected chi connectivity index (χ4v) is 3.44. The van der Waals surface area contributed by atoms with Gasteiger partial charge in [-0.3, -0.25) is 14.4 Å². The second-order valence-corrected chi connectivity index (χ2v) is 8.08. The van der Waals surface area contributed by atoms with Gasteiger partial charge in [-0.25, -0.2) is 0 Å². The minimum absolute atomic E-state index is 0.175. The van der Waals surface area contributed by atoms with Crippen molar-refractivity contribution in [2.24, 2.45) is 0 Å². The number of benzene rings is 2. The lowest BCUT2D eigenvalue weighted by molar-refractivity contribution is -0.143. The molecule has 0 unspecified atom stereocenters. The van der Waals surface area contributed by atoms with E-state index >= 15 is 0 Å². The molecule has 3 N–H and O–H groups in total. The Kier molecular flexibility index (Phi) is 10.5. The van der Waals surface area contributed by atoms with Crippen LogP contribution >= 0.6 is 0 Å². The van der Waals surface area contributed by atoms with Gasteiger partial charge in [0.2, 0.25) is 0 Å². The van der Waals surface area contributed by atoms with Gasteiger partial charge < -0.3 is 25.6 Å². The van der Waals surface area contributed by atoms with Crippen molar-refractivity contribution >= 4 is 23.5 Å².